The van der Waals surface area contributed by atoms with E-state index >= 15 is 0 Å². The molecular weight excluding hydrogens is 400 g/mol. The molecule has 0 aromatic heterocycles. The molecule has 0 saturated carbocycles. The number of benzene rings is 2. The fourth-order valence-electron chi connectivity index (χ4n) is 3.32. The van der Waals surface area contributed by atoms with Gasteiger partial charge in [-0.3, -0.25) is 29.4 Å². The maximum absolute atomic E-state index is 12.8. The van der Waals surface area contributed by atoms with E-state index in [1.165, 1.54) is 24.3 Å². The molecule has 4 amide bonds. The summed E-state index contributed by atoms with van der Waals surface area (Å²) in [5.41, 5.74) is 0.727. The summed E-state index contributed by atoms with van der Waals surface area (Å²) in [7, 11) is 0. The molecule has 31 heavy (non-hydrogen) atoms. The van der Waals surface area contributed by atoms with Gasteiger partial charge in [0.1, 0.15) is 6.04 Å². The molecule has 1 N–H and O–H groups in total. The fraction of sp³-hybridized carbons (Fsp3) is 0.261. The first kappa shape index (κ1) is 21.9. The molecule has 0 aliphatic carbocycles. The molecule has 2 aromatic rings. The van der Waals surface area contributed by atoms with Gasteiger partial charge in [-0.15, -0.1) is 0 Å². The molecule has 8 nitrogen and oxygen atoms in total. The Morgan fingerprint density at radius 1 is 0.935 bits per heavy atom. The molecule has 0 bridgehead atoms. The minimum absolute atomic E-state index is 0.222. The molecule has 0 radical (unpaired) electrons. The highest BCUT2D eigenvalue weighted by Crippen LogP contribution is 2.28. The summed E-state index contributed by atoms with van der Waals surface area (Å²) in [6.45, 7) is 2.82. The highest BCUT2D eigenvalue weighted by atomic mass is 16.5. The normalized spacial score (nSPS) is 14.6. The monoisotopic (exact) mass is 422 g/mol. The van der Waals surface area contributed by atoms with Gasteiger partial charge in [0.05, 0.1) is 11.1 Å². The SMILES string of the molecule is CC[C@H](C)[C@@H](C(=O)OCC(=O)NC(=O)c1ccccc1)N1C(=O)c2ccccc2C1=O. The lowest BCUT2D eigenvalue weighted by Gasteiger charge is -2.28. The first-order valence-electron chi connectivity index (χ1n) is 9.88. The van der Waals surface area contributed by atoms with Crippen molar-refractivity contribution in [2.45, 2.75) is 26.3 Å². The van der Waals surface area contributed by atoms with Gasteiger partial charge in [0.25, 0.3) is 23.6 Å². The third-order valence-corrected chi connectivity index (χ3v) is 5.16. The Balaban J connectivity index is 1.69. The summed E-state index contributed by atoms with van der Waals surface area (Å²) in [5.74, 6) is -3.87. The lowest BCUT2D eigenvalue weighted by atomic mass is 9.97. The van der Waals surface area contributed by atoms with Crippen LogP contribution in [0.4, 0.5) is 0 Å². The number of hydrogen-bond donors (Lipinski definition) is 1. The third-order valence-electron chi connectivity index (χ3n) is 5.16. The van der Waals surface area contributed by atoms with Crippen molar-refractivity contribution in [1.29, 1.82) is 0 Å². The van der Waals surface area contributed by atoms with Gasteiger partial charge >= 0.3 is 5.97 Å². The van der Waals surface area contributed by atoms with E-state index in [1.807, 2.05) is 6.92 Å². The van der Waals surface area contributed by atoms with E-state index in [4.69, 9.17) is 4.74 Å². The summed E-state index contributed by atoms with van der Waals surface area (Å²) >= 11 is 0. The van der Waals surface area contributed by atoms with E-state index in [1.54, 1.807) is 37.3 Å². The number of esters is 1. The molecule has 1 heterocycles. The number of nitrogens with zero attached hydrogens (tertiary/aromatic N) is 1. The maximum Gasteiger partial charge on any atom is 0.330 e. The number of imide groups is 2. The van der Waals surface area contributed by atoms with Crippen molar-refractivity contribution >= 4 is 29.6 Å². The number of fused-ring (bicyclic) bond motifs is 1. The molecule has 0 spiro atoms. The van der Waals surface area contributed by atoms with E-state index in [-0.39, 0.29) is 16.7 Å². The smallest absolute Gasteiger partial charge is 0.330 e. The second-order valence-electron chi connectivity index (χ2n) is 7.21. The molecule has 2 aromatic carbocycles. The minimum atomic E-state index is -1.19. The highest BCUT2D eigenvalue weighted by molar-refractivity contribution is 6.22. The van der Waals surface area contributed by atoms with Crippen molar-refractivity contribution in [3.05, 3.63) is 71.3 Å². The van der Waals surface area contributed by atoms with Crippen LogP contribution < -0.4 is 5.32 Å². The second-order valence-corrected chi connectivity index (χ2v) is 7.21. The molecule has 0 saturated heterocycles. The summed E-state index contributed by atoms with van der Waals surface area (Å²) in [6.07, 6.45) is 0.492. The van der Waals surface area contributed by atoms with Gasteiger partial charge in [-0.2, -0.15) is 0 Å². The van der Waals surface area contributed by atoms with Crippen LogP contribution in [0.5, 0.6) is 0 Å². The van der Waals surface area contributed by atoms with E-state index in [0.717, 1.165) is 4.90 Å². The van der Waals surface area contributed by atoms with Gasteiger partial charge in [-0.25, -0.2) is 4.79 Å². The fourth-order valence-corrected chi connectivity index (χ4v) is 3.32. The highest BCUT2D eigenvalue weighted by Gasteiger charge is 2.45. The van der Waals surface area contributed by atoms with E-state index in [0.29, 0.717) is 6.42 Å². The van der Waals surface area contributed by atoms with Gasteiger partial charge in [0.15, 0.2) is 6.61 Å². The number of rotatable bonds is 7. The van der Waals surface area contributed by atoms with Crippen molar-refractivity contribution in [2.75, 3.05) is 6.61 Å². The van der Waals surface area contributed by atoms with Crippen LogP contribution in [0.3, 0.4) is 0 Å². The number of carbonyl (C=O) groups excluding carboxylic acids is 5. The Labute approximate surface area is 179 Å². The predicted molar refractivity (Wildman–Crippen MR) is 110 cm³/mol. The molecule has 0 fully saturated rings. The van der Waals surface area contributed by atoms with Gasteiger partial charge in [0, 0.05) is 5.56 Å². The minimum Gasteiger partial charge on any atom is -0.454 e. The molecule has 160 valence electrons. The summed E-state index contributed by atoms with van der Waals surface area (Å²) in [5, 5.41) is 2.13. The van der Waals surface area contributed by atoms with E-state index < -0.39 is 48.2 Å². The standard InChI is InChI=1S/C23H22N2O6/c1-3-14(2)19(25-21(28)16-11-7-8-12-17(16)22(25)29)23(30)31-13-18(26)24-20(27)15-9-5-4-6-10-15/h4-12,14,19H,3,13H2,1-2H3,(H,24,26,27)/t14-,19-/m0/s1. The quantitative estimate of drug-likeness (QED) is 0.541. The van der Waals surface area contributed by atoms with E-state index in [9.17, 15) is 24.0 Å². The first-order valence-corrected chi connectivity index (χ1v) is 9.88. The van der Waals surface area contributed by atoms with Crippen molar-refractivity contribution < 1.29 is 28.7 Å². The molecular formula is C23H22N2O6. The maximum atomic E-state index is 12.8. The van der Waals surface area contributed by atoms with Gasteiger partial charge < -0.3 is 4.74 Å². The predicted octanol–water partition coefficient (Wildman–Crippen LogP) is 2.20. The molecule has 1 aliphatic rings. The van der Waals surface area contributed by atoms with Crippen LogP contribution in [0, 0.1) is 5.92 Å². The van der Waals surface area contributed by atoms with Crippen LogP contribution in [-0.4, -0.2) is 47.1 Å². The Hall–Kier alpha value is -3.81. The lowest BCUT2D eigenvalue weighted by molar-refractivity contribution is -0.153. The average molecular weight is 422 g/mol. The van der Waals surface area contributed by atoms with Crippen molar-refractivity contribution in [1.82, 2.24) is 10.2 Å². The Bertz CT molecular complexity index is 998. The van der Waals surface area contributed by atoms with Crippen LogP contribution in [0.1, 0.15) is 51.3 Å². The van der Waals surface area contributed by atoms with Crippen molar-refractivity contribution in [3.63, 3.8) is 0 Å². The van der Waals surface area contributed by atoms with Gasteiger partial charge in [0.2, 0.25) is 0 Å². The number of amides is 4. The zero-order valence-electron chi connectivity index (χ0n) is 17.2. The molecule has 8 heteroatoms. The van der Waals surface area contributed by atoms with Crippen molar-refractivity contribution in [3.8, 4) is 0 Å². The molecule has 0 unspecified atom stereocenters. The van der Waals surface area contributed by atoms with Crippen LogP contribution in [0.15, 0.2) is 54.6 Å². The topological polar surface area (TPSA) is 110 Å². The number of ether oxygens (including phenoxy) is 1. The van der Waals surface area contributed by atoms with Gasteiger partial charge in [-0.05, 0) is 30.2 Å². The van der Waals surface area contributed by atoms with Gasteiger partial charge in [-0.1, -0.05) is 50.6 Å². The first-order chi connectivity index (χ1) is 14.8. The van der Waals surface area contributed by atoms with Crippen LogP contribution >= 0.6 is 0 Å². The number of hydrogen-bond acceptors (Lipinski definition) is 6. The Morgan fingerprint density at radius 2 is 1.48 bits per heavy atom. The average Bonchev–Trinajstić information content (AvgIpc) is 3.03. The van der Waals surface area contributed by atoms with Crippen LogP contribution in [0.2, 0.25) is 0 Å². The Kier molecular flexibility index (Phi) is 6.59. The largest absolute Gasteiger partial charge is 0.454 e. The molecule has 2 atom stereocenters. The summed E-state index contributed by atoms with van der Waals surface area (Å²) in [4.78, 5) is 63.4. The zero-order chi connectivity index (χ0) is 22.5. The summed E-state index contributed by atoms with van der Waals surface area (Å²) < 4.78 is 5.08. The van der Waals surface area contributed by atoms with Crippen LogP contribution in [0.25, 0.3) is 0 Å². The third kappa shape index (κ3) is 4.53. The number of carbonyl (C=O) groups is 5. The Morgan fingerprint density at radius 3 is 2.03 bits per heavy atom. The molecule has 1 aliphatic heterocycles. The summed E-state index contributed by atoms with van der Waals surface area (Å²) in [6, 6.07) is 13.2. The van der Waals surface area contributed by atoms with E-state index in [2.05, 4.69) is 5.32 Å². The molecule has 3 rings (SSSR count). The van der Waals surface area contributed by atoms with Crippen LogP contribution in [-0.2, 0) is 14.3 Å². The lowest BCUT2D eigenvalue weighted by Crippen LogP contribution is -2.49. The number of nitrogens with one attached hydrogen (secondary N) is 1. The second kappa shape index (κ2) is 9.34. The zero-order valence-corrected chi connectivity index (χ0v) is 17.2. The van der Waals surface area contributed by atoms with Crippen molar-refractivity contribution in [2.24, 2.45) is 5.92 Å².